The lowest BCUT2D eigenvalue weighted by molar-refractivity contribution is -0.132. The van der Waals surface area contributed by atoms with Gasteiger partial charge >= 0.3 is 0 Å². The van der Waals surface area contributed by atoms with Crippen LogP contribution in [0.4, 0.5) is 0 Å². The molecule has 0 bridgehead atoms. The van der Waals surface area contributed by atoms with Gasteiger partial charge in [0, 0.05) is 19.1 Å². The topological polar surface area (TPSA) is 63.9 Å². The summed E-state index contributed by atoms with van der Waals surface area (Å²) < 4.78 is 0. The first kappa shape index (κ1) is 15.4. The molecule has 0 unspecified atom stereocenters. The molecule has 1 heterocycles. The van der Waals surface area contributed by atoms with Gasteiger partial charge in [0.1, 0.15) is 6.10 Å². The highest BCUT2D eigenvalue weighted by Gasteiger charge is 2.38. The molecule has 18 heavy (non-hydrogen) atoms. The van der Waals surface area contributed by atoms with E-state index in [-0.39, 0.29) is 6.04 Å². The van der Waals surface area contributed by atoms with Gasteiger partial charge < -0.3 is 15.3 Å². The molecule has 3 N–H and O–H groups in total. The Bertz CT molecular complexity index is 314. The minimum absolute atomic E-state index is 0.132. The predicted octanol–water partition coefficient (Wildman–Crippen LogP) is 0.686. The molecule has 1 aliphatic heterocycles. The predicted molar refractivity (Wildman–Crippen MR) is 72.2 cm³/mol. The SMILES string of the molecule is C/C=C\C(=C/C)CCN1C[C@H](O)[C@@H](O)[C@H](O)[C@H]1C. The van der Waals surface area contributed by atoms with E-state index in [2.05, 4.69) is 12.2 Å². The van der Waals surface area contributed by atoms with E-state index < -0.39 is 18.3 Å². The van der Waals surface area contributed by atoms with Gasteiger partial charge in [-0.15, -0.1) is 0 Å². The lowest BCUT2D eigenvalue weighted by Crippen LogP contribution is -2.60. The van der Waals surface area contributed by atoms with Crippen LogP contribution in [0.15, 0.2) is 23.8 Å². The van der Waals surface area contributed by atoms with Crippen LogP contribution in [-0.2, 0) is 0 Å². The molecule has 4 nitrogen and oxygen atoms in total. The Hall–Kier alpha value is -0.680. The molecule has 0 radical (unpaired) electrons. The zero-order chi connectivity index (χ0) is 13.7. The first-order chi connectivity index (χ1) is 8.51. The van der Waals surface area contributed by atoms with Crippen molar-refractivity contribution in [3.8, 4) is 0 Å². The number of piperidine rings is 1. The van der Waals surface area contributed by atoms with E-state index in [4.69, 9.17) is 0 Å². The molecule has 0 aromatic heterocycles. The van der Waals surface area contributed by atoms with Gasteiger partial charge in [-0.3, -0.25) is 4.90 Å². The Labute approximate surface area is 109 Å². The van der Waals surface area contributed by atoms with Crippen LogP contribution in [0.2, 0.25) is 0 Å². The Balaban J connectivity index is 2.56. The number of likely N-dealkylation sites (tertiary alicyclic amines) is 1. The third-order valence-electron chi connectivity index (χ3n) is 3.68. The highest BCUT2D eigenvalue weighted by atomic mass is 16.4. The minimum Gasteiger partial charge on any atom is -0.389 e. The number of β-amino-alcohol motifs (C(OH)–C–C–N with tert-alkyl or cyclic N) is 1. The van der Waals surface area contributed by atoms with Crippen molar-refractivity contribution in [3.05, 3.63) is 23.8 Å². The Morgan fingerprint density at radius 2 is 1.89 bits per heavy atom. The highest BCUT2D eigenvalue weighted by Crippen LogP contribution is 2.19. The number of rotatable bonds is 4. The molecule has 1 fully saturated rings. The van der Waals surface area contributed by atoms with Gasteiger partial charge in [0.2, 0.25) is 0 Å². The zero-order valence-electron chi connectivity index (χ0n) is 11.5. The van der Waals surface area contributed by atoms with Gasteiger partial charge in [0.05, 0.1) is 12.2 Å². The second-order valence-corrected chi connectivity index (χ2v) is 4.90. The van der Waals surface area contributed by atoms with E-state index in [9.17, 15) is 15.3 Å². The van der Waals surface area contributed by atoms with Crippen LogP contribution in [0.1, 0.15) is 27.2 Å². The largest absolute Gasteiger partial charge is 0.389 e. The number of hydrogen-bond acceptors (Lipinski definition) is 4. The lowest BCUT2D eigenvalue weighted by atomic mass is 9.94. The van der Waals surface area contributed by atoms with Gasteiger partial charge in [0.15, 0.2) is 0 Å². The summed E-state index contributed by atoms with van der Waals surface area (Å²) >= 11 is 0. The fraction of sp³-hybridized carbons (Fsp3) is 0.714. The van der Waals surface area contributed by atoms with Crippen molar-refractivity contribution in [2.24, 2.45) is 0 Å². The quantitative estimate of drug-likeness (QED) is 0.647. The lowest BCUT2D eigenvalue weighted by Gasteiger charge is -2.42. The average molecular weight is 255 g/mol. The van der Waals surface area contributed by atoms with Gasteiger partial charge in [-0.05, 0) is 27.2 Å². The molecular formula is C14H25NO3. The Kier molecular flexibility index (Phi) is 6.02. The number of nitrogens with zero attached hydrogens (tertiary/aromatic N) is 1. The van der Waals surface area contributed by atoms with E-state index >= 15 is 0 Å². The number of hydrogen-bond donors (Lipinski definition) is 3. The maximum atomic E-state index is 9.83. The summed E-state index contributed by atoms with van der Waals surface area (Å²) in [6.45, 7) is 7.04. The molecule has 1 aliphatic rings. The van der Waals surface area contributed by atoms with Crippen molar-refractivity contribution in [2.45, 2.75) is 51.5 Å². The van der Waals surface area contributed by atoms with Crippen LogP contribution >= 0.6 is 0 Å². The summed E-state index contributed by atoms with van der Waals surface area (Å²) in [4.78, 5) is 2.02. The smallest absolute Gasteiger partial charge is 0.108 e. The van der Waals surface area contributed by atoms with E-state index in [0.29, 0.717) is 6.54 Å². The number of aliphatic hydroxyl groups excluding tert-OH is 3. The standard InChI is InChI=1S/C14H25NO3/c1-4-6-11(5-2)7-8-15-9-12(16)14(18)13(17)10(15)3/h4-6,10,12-14,16-18H,7-9H2,1-3H3/b6-4-,11-5+/t10-,12+,13-,14-/m1/s1. The number of allylic oxidation sites excluding steroid dienone is 3. The maximum Gasteiger partial charge on any atom is 0.108 e. The van der Waals surface area contributed by atoms with E-state index in [1.165, 1.54) is 5.57 Å². The molecule has 1 saturated heterocycles. The molecule has 0 amide bonds. The Morgan fingerprint density at radius 3 is 2.44 bits per heavy atom. The molecule has 0 aromatic carbocycles. The van der Waals surface area contributed by atoms with Crippen molar-refractivity contribution >= 4 is 0 Å². The summed E-state index contributed by atoms with van der Waals surface area (Å²) in [5.41, 5.74) is 1.24. The van der Waals surface area contributed by atoms with Crippen LogP contribution in [0, 0.1) is 0 Å². The number of aliphatic hydroxyl groups is 3. The molecule has 0 spiro atoms. The van der Waals surface area contributed by atoms with Crippen molar-refractivity contribution < 1.29 is 15.3 Å². The van der Waals surface area contributed by atoms with Crippen molar-refractivity contribution in [1.82, 2.24) is 4.90 Å². The van der Waals surface area contributed by atoms with Crippen molar-refractivity contribution in [3.63, 3.8) is 0 Å². The molecule has 4 heteroatoms. The zero-order valence-corrected chi connectivity index (χ0v) is 11.5. The van der Waals surface area contributed by atoms with Crippen LogP contribution < -0.4 is 0 Å². The van der Waals surface area contributed by atoms with Crippen molar-refractivity contribution in [2.75, 3.05) is 13.1 Å². The summed E-state index contributed by atoms with van der Waals surface area (Å²) in [5, 5.41) is 29.1. The van der Waals surface area contributed by atoms with Gasteiger partial charge in [0.25, 0.3) is 0 Å². The summed E-state index contributed by atoms with van der Waals surface area (Å²) in [6.07, 6.45) is 4.22. The minimum atomic E-state index is -1.03. The van der Waals surface area contributed by atoms with Gasteiger partial charge in [-0.1, -0.05) is 23.8 Å². The second kappa shape index (κ2) is 7.04. The molecule has 104 valence electrons. The van der Waals surface area contributed by atoms with Crippen molar-refractivity contribution in [1.29, 1.82) is 0 Å². The molecule has 0 saturated carbocycles. The third kappa shape index (κ3) is 3.65. The van der Waals surface area contributed by atoms with Crippen LogP contribution in [0.5, 0.6) is 0 Å². The highest BCUT2D eigenvalue weighted by molar-refractivity contribution is 5.17. The summed E-state index contributed by atoms with van der Waals surface area (Å²) in [6, 6.07) is -0.132. The monoisotopic (exact) mass is 255 g/mol. The Morgan fingerprint density at radius 1 is 1.22 bits per heavy atom. The maximum absolute atomic E-state index is 9.83. The van der Waals surface area contributed by atoms with Crippen LogP contribution in [0.25, 0.3) is 0 Å². The first-order valence-corrected chi connectivity index (χ1v) is 6.57. The molecule has 1 rings (SSSR count). The molecule has 0 aromatic rings. The molecule has 0 aliphatic carbocycles. The van der Waals surface area contributed by atoms with E-state index in [1.807, 2.05) is 31.7 Å². The second-order valence-electron chi connectivity index (χ2n) is 4.90. The first-order valence-electron chi connectivity index (χ1n) is 6.57. The normalized spacial score (nSPS) is 35.3. The molecule has 4 atom stereocenters. The average Bonchev–Trinajstić information content (AvgIpc) is 2.37. The third-order valence-corrected chi connectivity index (χ3v) is 3.68. The fourth-order valence-electron chi connectivity index (χ4n) is 2.35. The van der Waals surface area contributed by atoms with Crippen LogP contribution in [0.3, 0.4) is 0 Å². The summed E-state index contributed by atoms with van der Waals surface area (Å²) in [7, 11) is 0. The van der Waals surface area contributed by atoms with Gasteiger partial charge in [-0.25, -0.2) is 0 Å². The van der Waals surface area contributed by atoms with E-state index in [0.717, 1.165) is 13.0 Å². The van der Waals surface area contributed by atoms with Gasteiger partial charge in [-0.2, -0.15) is 0 Å². The van der Waals surface area contributed by atoms with Crippen LogP contribution in [-0.4, -0.2) is 57.7 Å². The van der Waals surface area contributed by atoms with E-state index in [1.54, 1.807) is 0 Å². The fourth-order valence-corrected chi connectivity index (χ4v) is 2.35. The molecular weight excluding hydrogens is 230 g/mol. The summed E-state index contributed by atoms with van der Waals surface area (Å²) in [5.74, 6) is 0.